The summed E-state index contributed by atoms with van der Waals surface area (Å²) in [5, 5.41) is 3.19. The zero-order valence-electron chi connectivity index (χ0n) is 11.3. The van der Waals surface area contributed by atoms with E-state index in [1.54, 1.807) is 23.5 Å². The SMILES string of the molecule is CC(=O)c1ccc(-c2nc3ccc4ccccc4c3s2)o1. The lowest BCUT2D eigenvalue weighted by molar-refractivity contribution is 0.0988. The summed E-state index contributed by atoms with van der Waals surface area (Å²) in [6, 6.07) is 15.8. The zero-order chi connectivity index (χ0) is 14.4. The van der Waals surface area contributed by atoms with Crippen LogP contribution in [0.1, 0.15) is 17.5 Å². The van der Waals surface area contributed by atoms with E-state index in [4.69, 9.17) is 4.42 Å². The van der Waals surface area contributed by atoms with E-state index >= 15 is 0 Å². The van der Waals surface area contributed by atoms with Crippen LogP contribution in [0, 0.1) is 0 Å². The molecular weight excluding hydrogens is 282 g/mol. The monoisotopic (exact) mass is 293 g/mol. The second kappa shape index (κ2) is 4.53. The summed E-state index contributed by atoms with van der Waals surface area (Å²) >= 11 is 1.59. The normalized spacial score (nSPS) is 11.3. The molecule has 0 radical (unpaired) electrons. The van der Waals surface area contributed by atoms with Gasteiger partial charge >= 0.3 is 0 Å². The van der Waals surface area contributed by atoms with Crippen molar-refractivity contribution in [2.45, 2.75) is 6.92 Å². The third-order valence-corrected chi connectivity index (χ3v) is 4.56. The molecule has 3 nitrogen and oxygen atoms in total. The first-order valence-electron chi connectivity index (χ1n) is 6.62. The van der Waals surface area contributed by atoms with Crippen molar-refractivity contribution >= 4 is 38.1 Å². The molecule has 0 aliphatic heterocycles. The fourth-order valence-corrected chi connectivity index (χ4v) is 3.46. The Morgan fingerprint density at radius 2 is 1.95 bits per heavy atom. The van der Waals surface area contributed by atoms with Gasteiger partial charge in [0.05, 0.1) is 10.2 Å². The molecule has 102 valence electrons. The molecule has 0 atom stereocenters. The molecule has 4 heteroatoms. The van der Waals surface area contributed by atoms with Gasteiger partial charge in [-0.2, -0.15) is 0 Å². The average Bonchev–Trinajstić information content (AvgIpc) is 3.13. The molecular formula is C17H11NO2S. The summed E-state index contributed by atoms with van der Waals surface area (Å²) in [7, 11) is 0. The minimum absolute atomic E-state index is 0.0761. The van der Waals surface area contributed by atoms with Crippen LogP contribution in [0.15, 0.2) is 52.9 Å². The number of fused-ring (bicyclic) bond motifs is 3. The van der Waals surface area contributed by atoms with Crippen molar-refractivity contribution in [2.24, 2.45) is 0 Å². The third-order valence-electron chi connectivity index (χ3n) is 3.44. The topological polar surface area (TPSA) is 43.1 Å². The smallest absolute Gasteiger partial charge is 0.194 e. The van der Waals surface area contributed by atoms with Gasteiger partial charge in [0.2, 0.25) is 0 Å². The first-order valence-corrected chi connectivity index (χ1v) is 7.43. The molecule has 0 aliphatic carbocycles. The molecule has 0 saturated carbocycles. The summed E-state index contributed by atoms with van der Waals surface area (Å²) in [5.74, 6) is 0.937. The predicted octanol–water partition coefficient (Wildman–Crippen LogP) is 4.91. The lowest BCUT2D eigenvalue weighted by Gasteiger charge is -1.96. The number of furan rings is 1. The second-order valence-corrected chi connectivity index (χ2v) is 5.87. The lowest BCUT2D eigenvalue weighted by atomic mass is 10.1. The van der Waals surface area contributed by atoms with Gasteiger partial charge in [-0.3, -0.25) is 4.79 Å². The van der Waals surface area contributed by atoms with Crippen LogP contribution in [0.2, 0.25) is 0 Å². The van der Waals surface area contributed by atoms with E-state index in [1.807, 2.05) is 18.2 Å². The van der Waals surface area contributed by atoms with E-state index in [0.717, 1.165) is 15.2 Å². The summed E-state index contributed by atoms with van der Waals surface area (Å²) in [4.78, 5) is 15.9. The van der Waals surface area contributed by atoms with Gasteiger partial charge in [0.1, 0.15) is 0 Å². The van der Waals surface area contributed by atoms with Crippen LogP contribution >= 0.6 is 11.3 Å². The van der Waals surface area contributed by atoms with Gasteiger partial charge in [-0.25, -0.2) is 4.98 Å². The number of thiazole rings is 1. The predicted molar refractivity (Wildman–Crippen MR) is 84.8 cm³/mol. The minimum atomic E-state index is -0.0761. The van der Waals surface area contributed by atoms with Crippen LogP contribution in [0.3, 0.4) is 0 Å². The number of hydrogen-bond acceptors (Lipinski definition) is 4. The van der Waals surface area contributed by atoms with Crippen LogP contribution in [0.5, 0.6) is 0 Å². The number of carbonyl (C=O) groups is 1. The Labute approximate surface area is 124 Å². The molecule has 0 saturated heterocycles. The van der Waals surface area contributed by atoms with Gasteiger partial charge in [0, 0.05) is 12.3 Å². The van der Waals surface area contributed by atoms with E-state index in [9.17, 15) is 4.79 Å². The molecule has 21 heavy (non-hydrogen) atoms. The molecule has 4 rings (SSSR count). The molecule has 0 N–H and O–H groups in total. The summed E-state index contributed by atoms with van der Waals surface area (Å²) in [6.45, 7) is 1.49. The van der Waals surface area contributed by atoms with Crippen molar-refractivity contribution in [3.63, 3.8) is 0 Å². The summed E-state index contributed by atoms with van der Waals surface area (Å²) in [5.41, 5.74) is 0.953. The number of Topliss-reactive ketones (excluding diaryl/α,β-unsaturated/α-hetero) is 1. The van der Waals surface area contributed by atoms with Crippen LogP contribution in [-0.4, -0.2) is 10.8 Å². The Kier molecular flexibility index (Phi) is 2.65. The molecule has 2 aromatic carbocycles. The molecule has 0 unspecified atom stereocenters. The third kappa shape index (κ3) is 1.96. The number of nitrogens with zero attached hydrogens (tertiary/aromatic N) is 1. The molecule has 0 amide bonds. The van der Waals surface area contributed by atoms with Crippen LogP contribution in [0.4, 0.5) is 0 Å². The molecule has 2 heterocycles. The van der Waals surface area contributed by atoms with Crippen LogP contribution < -0.4 is 0 Å². The van der Waals surface area contributed by atoms with E-state index in [-0.39, 0.29) is 5.78 Å². The van der Waals surface area contributed by atoms with E-state index in [0.29, 0.717) is 11.5 Å². The number of hydrogen-bond donors (Lipinski definition) is 0. The number of rotatable bonds is 2. The molecule has 0 fully saturated rings. The highest BCUT2D eigenvalue weighted by molar-refractivity contribution is 7.22. The largest absolute Gasteiger partial charge is 0.450 e. The summed E-state index contributed by atoms with van der Waals surface area (Å²) < 4.78 is 6.71. The van der Waals surface area contributed by atoms with E-state index in [2.05, 4.69) is 23.2 Å². The van der Waals surface area contributed by atoms with Gasteiger partial charge in [-0.15, -0.1) is 11.3 Å². The highest BCUT2D eigenvalue weighted by Crippen LogP contribution is 2.35. The maximum absolute atomic E-state index is 11.3. The highest BCUT2D eigenvalue weighted by atomic mass is 32.1. The van der Waals surface area contributed by atoms with Crippen LogP contribution in [0.25, 0.3) is 31.8 Å². The summed E-state index contributed by atoms with van der Waals surface area (Å²) in [6.07, 6.45) is 0. The van der Waals surface area contributed by atoms with Gasteiger partial charge in [0.15, 0.2) is 22.3 Å². The van der Waals surface area contributed by atoms with Gasteiger partial charge in [-0.05, 0) is 23.6 Å². The zero-order valence-corrected chi connectivity index (χ0v) is 12.1. The van der Waals surface area contributed by atoms with E-state index < -0.39 is 0 Å². The quantitative estimate of drug-likeness (QED) is 0.493. The number of benzene rings is 2. The first kappa shape index (κ1) is 12.3. The molecule has 0 bridgehead atoms. The van der Waals surface area contributed by atoms with Crippen LogP contribution in [-0.2, 0) is 0 Å². The van der Waals surface area contributed by atoms with Crippen molar-refractivity contribution in [2.75, 3.05) is 0 Å². The van der Waals surface area contributed by atoms with Gasteiger partial charge in [-0.1, -0.05) is 30.3 Å². The first-order chi connectivity index (χ1) is 10.2. The number of aromatic nitrogens is 1. The van der Waals surface area contributed by atoms with Gasteiger partial charge in [0.25, 0.3) is 0 Å². The molecule has 0 aliphatic rings. The minimum Gasteiger partial charge on any atom is -0.450 e. The average molecular weight is 293 g/mol. The maximum atomic E-state index is 11.3. The molecule has 0 spiro atoms. The lowest BCUT2D eigenvalue weighted by Crippen LogP contribution is -1.85. The van der Waals surface area contributed by atoms with Crippen molar-refractivity contribution in [1.82, 2.24) is 4.98 Å². The Morgan fingerprint density at radius 3 is 2.76 bits per heavy atom. The molecule has 4 aromatic rings. The fraction of sp³-hybridized carbons (Fsp3) is 0.0588. The van der Waals surface area contributed by atoms with Gasteiger partial charge < -0.3 is 4.42 Å². The number of carbonyl (C=O) groups excluding carboxylic acids is 1. The van der Waals surface area contributed by atoms with Crippen molar-refractivity contribution < 1.29 is 9.21 Å². The van der Waals surface area contributed by atoms with E-state index in [1.165, 1.54) is 17.7 Å². The molecule has 2 aromatic heterocycles. The highest BCUT2D eigenvalue weighted by Gasteiger charge is 2.13. The standard InChI is InChI=1S/C17H11NO2S/c1-10(19)14-8-9-15(20-14)17-18-13-7-6-11-4-2-3-5-12(11)16(13)21-17/h2-9H,1H3. The maximum Gasteiger partial charge on any atom is 0.194 e. The van der Waals surface area contributed by atoms with Crippen molar-refractivity contribution in [3.05, 3.63) is 54.3 Å². The Hall–Kier alpha value is -2.46. The van der Waals surface area contributed by atoms with Crippen molar-refractivity contribution in [1.29, 1.82) is 0 Å². The second-order valence-electron chi connectivity index (χ2n) is 4.87. The Morgan fingerprint density at radius 1 is 1.10 bits per heavy atom. The Balaban J connectivity index is 1.93. The number of ketones is 1. The fourth-order valence-electron chi connectivity index (χ4n) is 2.40. The Bertz CT molecular complexity index is 981. The van der Waals surface area contributed by atoms with Crippen molar-refractivity contribution in [3.8, 4) is 10.8 Å².